The highest BCUT2D eigenvalue weighted by Crippen LogP contribution is 2.34. The zero-order chi connectivity index (χ0) is 22.5. The van der Waals surface area contributed by atoms with Crippen LogP contribution in [0.25, 0.3) is 17.1 Å². The van der Waals surface area contributed by atoms with Crippen LogP contribution in [-0.2, 0) is 6.54 Å². The Labute approximate surface area is 193 Å². The van der Waals surface area contributed by atoms with Gasteiger partial charge in [-0.2, -0.15) is 0 Å². The highest BCUT2D eigenvalue weighted by Gasteiger charge is 2.26. The van der Waals surface area contributed by atoms with E-state index in [1.165, 1.54) is 0 Å². The van der Waals surface area contributed by atoms with Crippen molar-refractivity contribution in [3.8, 4) is 17.1 Å². The second-order valence-corrected chi connectivity index (χ2v) is 8.22. The molecule has 0 unspecified atom stereocenters. The number of aromatic nitrogens is 2. The van der Waals surface area contributed by atoms with Crippen molar-refractivity contribution in [2.75, 3.05) is 13.1 Å². The number of nitrogens with two attached hydrogens (primary N) is 1. The zero-order valence-corrected chi connectivity index (χ0v) is 19.7. The molecule has 1 saturated heterocycles. The molecule has 4 rings (SSSR count). The van der Waals surface area contributed by atoms with E-state index in [0.717, 1.165) is 42.9 Å². The number of benzene rings is 2. The molecule has 5 nitrogen and oxygen atoms in total. The van der Waals surface area contributed by atoms with Gasteiger partial charge in [0.1, 0.15) is 5.82 Å². The maximum Gasteiger partial charge on any atom is 0.269 e. The minimum absolute atomic E-state index is 0.276. The molecule has 3 aromatic rings. The van der Waals surface area contributed by atoms with Crippen molar-refractivity contribution < 1.29 is 4.79 Å². The van der Waals surface area contributed by atoms with Gasteiger partial charge in [0.2, 0.25) is 0 Å². The van der Waals surface area contributed by atoms with Crippen molar-refractivity contribution in [2.45, 2.75) is 40.2 Å². The highest BCUT2D eigenvalue weighted by molar-refractivity contribution is 6.36. The Morgan fingerprint density at radius 3 is 2.29 bits per heavy atom. The number of nitrogens with zero attached hydrogens (tertiary/aromatic N) is 3. The van der Waals surface area contributed by atoms with Gasteiger partial charge in [-0.1, -0.05) is 54.7 Å². The maximum atomic E-state index is 12.3. The van der Waals surface area contributed by atoms with Crippen LogP contribution in [0.2, 0.25) is 10.0 Å². The van der Waals surface area contributed by atoms with Crippen molar-refractivity contribution in [1.29, 1.82) is 0 Å². The third-order valence-corrected chi connectivity index (χ3v) is 5.79. The van der Waals surface area contributed by atoms with Crippen LogP contribution >= 0.6 is 23.2 Å². The van der Waals surface area contributed by atoms with Crippen molar-refractivity contribution in [3.05, 3.63) is 69.5 Å². The summed E-state index contributed by atoms with van der Waals surface area (Å²) in [5.41, 5.74) is 9.54. The third kappa shape index (κ3) is 5.12. The molecule has 7 heteroatoms. The molecule has 1 aliphatic heterocycles. The number of primary amides is 1. The van der Waals surface area contributed by atoms with E-state index in [4.69, 9.17) is 28.9 Å². The summed E-state index contributed by atoms with van der Waals surface area (Å²) >= 11 is 12.6. The molecular weight excluding hydrogens is 431 g/mol. The molecule has 1 fully saturated rings. The fourth-order valence-electron chi connectivity index (χ4n) is 3.77. The van der Waals surface area contributed by atoms with Crippen LogP contribution in [0.1, 0.15) is 48.4 Å². The van der Waals surface area contributed by atoms with Crippen molar-refractivity contribution >= 4 is 29.1 Å². The highest BCUT2D eigenvalue weighted by atomic mass is 35.5. The number of carbonyl (C=O) groups excluding carboxylic acids is 1. The summed E-state index contributed by atoms with van der Waals surface area (Å²) in [6.07, 6.45) is 2.31. The first-order chi connectivity index (χ1) is 14.9. The monoisotopic (exact) mass is 458 g/mol. The lowest BCUT2D eigenvalue weighted by Gasteiger charge is -2.19. The van der Waals surface area contributed by atoms with Crippen LogP contribution in [0.15, 0.2) is 42.5 Å². The average molecular weight is 459 g/mol. The molecule has 1 aliphatic rings. The predicted molar refractivity (Wildman–Crippen MR) is 128 cm³/mol. The molecule has 31 heavy (non-hydrogen) atoms. The number of hydrogen-bond acceptors (Lipinski definition) is 3. The van der Waals surface area contributed by atoms with Gasteiger partial charge in [0.15, 0.2) is 5.69 Å². The summed E-state index contributed by atoms with van der Waals surface area (Å²) in [6, 6.07) is 13.4. The van der Waals surface area contributed by atoms with Crippen molar-refractivity contribution in [2.24, 2.45) is 5.73 Å². The molecule has 0 spiro atoms. The lowest BCUT2D eigenvalue weighted by Crippen LogP contribution is -2.23. The standard InChI is InChI=1S/C22H22Cl2N4O.C2H6/c1-14-4-7-16(8-5-14)28-19(13-27-10-2-3-11-27)20(21(25)29)26-22(28)17-9-6-15(23)12-18(17)24;1-2/h4-9,12H,2-3,10-11,13H2,1H3,(H2,25,29);1-2H3. The molecule has 164 valence electrons. The SMILES string of the molecule is CC.Cc1ccc(-n2c(-c3ccc(Cl)cc3Cl)nc(C(N)=O)c2CN2CCCC2)cc1. The van der Waals surface area contributed by atoms with Gasteiger partial charge in [0, 0.05) is 22.8 Å². The Balaban J connectivity index is 0.00000132. The van der Waals surface area contributed by atoms with Crippen molar-refractivity contribution in [3.63, 3.8) is 0 Å². The molecule has 1 aromatic heterocycles. The molecule has 2 heterocycles. The van der Waals surface area contributed by atoms with Gasteiger partial charge in [-0.3, -0.25) is 14.3 Å². The van der Waals surface area contributed by atoms with Gasteiger partial charge in [-0.15, -0.1) is 0 Å². The molecular formula is C24H28Cl2N4O. The Hall–Kier alpha value is -2.34. The lowest BCUT2D eigenvalue weighted by molar-refractivity contribution is 0.0994. The number of likely N-dealkylation sites (tertiary alicyclic amines) is 1. The molecule has 0 atom stereocenters. The molecule has 0 aliphatic carbocycles. The summed E-state index contributed by atoms with van der Waals surface area (Å²) in [5, 5.41) is 1.01. The number of aryl methyl sites for hydroxylation is 1. The average Bonchev–Trinajstić information content (AvgIpc) is 3.39. The molecule has 2 aromatic carbocycles. The number of carbonyl (C=O) groups is 1. The molecule has 0 saturated carbocycles. The number of hydrogen-bond donors (Lipinski definition) is 1. The molecule has 2 N–H and O–H groups in total. The first-order valence-electron chi connectivity index (χ1n) is 10.6. The summed E-state index contributed by atoms with van der Waals surface area (Å²) < 4.78 is 1.99. The first kappa shape index (κ1) is 23.3. The Kier molecular flexibility index (Phi) is 7.76. The van der Waals surface area contributed by atoms with E-state index >= 15 is 0 Å². The third-order valence-electron chi connectivity index (χ3n) is 5.24. The maximum absolute atomic E-state index is 12.3. The minimum Gasteiger partial charge on any atom is -0.364 e. The van der Waals surface area contributed by atoms with Crippen LogP contribution in [-0.4, -0.2) is 33.4 Å². The number of amides is 1. The van der Waals surface area contributed by atoms with Crippen LogP contribution in [0, 0.1) is 6.92 Å². The van der Waals surface area contributed by atoms with Crippen LogP contribution < -0.4 is 5.73 Å². The van der Waals surface area contributed by atoms with Gasteiger partial charge >= 0.3 is 0 Å². The van der Waals surface area contributed by atoms with E-state index < -0.39 is 5.91 Å². The molecule has 1 amide bonds. The van der Waals surface area contributed by atoms with Gasteiger partial charge in [0.05, 0.1) is 10.7 Å². The second kappa shape index (κ2) is 10.3. The van der Waals surface area contributed by atoms with Crippen LogP contribution in [0.5, 0.6) is 0 Å². The molecule has 0 bridgehead atoms. The van der Waals surface area contributed by atoms with E-state index in [0.29, 0.717) is 28.0 Å². The first-order valence-corrected chi connectivity index (χ1v) is 11.4. The number of rotatable bonds is 5. The van der Waals surface area contributed by atoms with Gasteiger partial charge in [0.25, 0.3) is 5.91 Å². The van der Waals surface area contributed by atoms with Crippen LogP contribution in [0.4, 0.5) is 0 Å². The van der Waals surface area contributed by atoms with Gasteiger partial charge < -0.3 is 5.73 Å². The predicted octanol–water partition coefficient (Wildman–Crippen LogP) is 5.88. The molecule has 0 radical (unpaired) electrons. The number of halogens is 2. The topological polar surface area (TPSA) is 64.2 Å². The fraction of sp³-hybridized carbons (Fsp3) is 0.333. The Morgan fingerprint density at radius 2 is 1.71 bits per heavy atom. The largest absolute Gasteiger partial charge is 0.364 e. The summed E-state index contributed by atoms with van der Waals surface area (Å²) in [4.78, 5) is 19.3. The lowest BCUT2D eigenvalue weighted by atomic mass is 10.2. The normalized spacial score (nSPS) is 13.7. The second-order valence-electron chi connectivity index (χ2n) is 7.37. The Bertz CT molecular complexity index is 1050. The van der Waals surface area contributed by atoms with Crippen LogP contribution in [0.3, 0.4) is 0 Å². The van der Waals surface area contributed by atoms with E-state index in [2.05, 4.69) is 9.88 Å². The summed E-state index contributed by atoms with van der Waals surface area (Å²) in [7, 11) is 0. The smallest absolute Gasteiger partial charge is 0.269 e. The van der Waals surface area contributed by atoms with E-state index in [-0.39, 0.29) is 5.69 Å². The van der Waals surface area contributed by atoms with E-state index in [1.807, 2.05) is 55.7 Å². The van der Waals surface area contributed by atoms with E-state index in [1.54, 1.807) is 12.1 Å². The minimum atomic E-state index is -0.545. The number of imidazole rings is 1. The summed E-state index contributed by atoms with van der Waals surface area (Å²) in [6.45, 7) is 8.63. The van der Waals surface area contributed by atoms with Gasteiger partial charge in [-0.05, 0) is 63.2 Å². The zero-order valence-electron chi connectivity index (χ0n) is 18.2. The van der Waals surface area contributed by atoms with E-state index in [9.17, 15) is 4.79 Å². The summed E-state index contributed by atoms with van der Waals surface area (Å²) in [5.74, 6) is 0.0370. The van der Waals surface area contributed by atoms with Gasteiger partial charge in [-0.25, -0.2) is 4.98 Å². The fourth-order valence-corrected chi connectivity index (χ4v) is 4.27. The Morgan fingerprint density at radius 1 is 1.06 bits per heavy atom. The van der Waals surface area contributed by atoms with Crippen molar-refractivity contribution in [1.82, 2.24) is 14.5 Å². The quantitative estimate of drug-likeness (QED) is 0.519.